The lowest BCUT2D eigenvalue weighted by Crippen LogP contribution is -2.42. The largest absolute Gasteiger partial charge is 0.354 e. The summed E-state index contributed by atoms with van der Waals surface area (Å²) in [6.07, 6.45) is 4.25. The number of unbranched alkanes of at least 4 members (excludes halogenated alkanes) is 1. The third-order valence-corrected chi connectivity index (χ3v) is 7.39. The summed E-state index contributed by atoms with van der Waals surface area (Å²) in [6.45, 7) is 6.33. The molecule has 1 atom stereocenters. The summed E-state index contributed by atoms with van der Waals surface area (Å²) >= 11 is 6.24. The Morgan fingerprint density at radius 1 is 1.13 bits per heavy atom. The van der Waals surface area contributed by atoms with Crippen molar-refractivity contribution in [3.63, 3.8) is 0 Å². The topological polar surface area (TPSA) is 66.5 Å². The summed E-state index contributed by atoms with van der Waals surface area (Å²) < 4.78 is 27.7. The van der Waals surface area contributed by atoms with Crippen molar-refractivity contribution in [2.75, 3.05) is 17.4 Å². The van der Waals surface area contributed by atoms with Crippen LogP contribution in [-0.2, 0) is 14.8 Å². The number of rotatable bonds is 11. The Balaban J connectivity index is 2.26. The third-order valence-electron chi connectivity index (χ3n) is 5.19. The van der Waals surface area contributed by atoms with Crippen LogP contribution in [0.1, 0.15) is 45.1 Å². The van der Waals surface area contributed by atoms with Gasteiger partial charge in [-0.2, -0.15) is 0 Å². The average Bonchev–Trinajstić information content (AvgIpc) is 2.74. The first-order valence-corrected chi connectivity index (χ1v) is 12.2. The summed E-state index contributed by atoms with van der Waals surface area (Å²) in [6, 6.07) is 13.1. The van der Waals surface area contributed by atoms with Crippen LogP contribution in [0.2, 0.25) is 5.02 Å². The molecule has 7 heteroatoms. The summed E-state index contributed by atoms with van der Waals surface area (Å²) in [5.41, 5.74) is 1.20. The van der Waals surface area contributed by atoms with Crippen molar-refractivity contribution in [3.05, 3.63) is 59.1 Å². The van der Waals surface area contributed by atoms with Gasteiger partial charge in [-0.3, -0.25) is 9.10 Å². The fourth-order valence-corrected chi connectivity index (χ4v) is 4.77. The molecule has 0 heterocycles. The van der Waals surface area contributed by atoms with Crippen LogP contribution in [0.5, 0.6) is 0 Å². The van der Waals surface area contributed by atoms with Crippen molar-refractivity contribution >= 4 is 33.2 Å². The third kappa shape index (κ3) is 6.47. The molecular formula is C23H31ClN2O3S. The molecule has 0 saturated carbocycles. The highest BCUT2D eigenvalue weighted by Gasteiger charge is 2.27. The highest BCUT2D eigenvalue weighted by Crippen LogP contribution is 2.28. The van der Waals surface area contributed by atoms with Crippen LogP contribution in [0, 0.1) is 12.8 Å². The molecule has 164 valence electrons. The Morgan fingerprint density at radius 3 is 2.43 bits per heavy atom. The second kappa shape index (κ2) is 11.4. The number of halogens is 1. The average molecular weight is 451 g/mol. The molecule has 0 aliphatic heterocycles. The number of hydrogen-bond acceptors (Lipinski definition) is 3. The zero-order valence-corrected chi connectivity index (χ0v) is 19.5. The predicted molar refractivity (Wildman–Crippen MR) is 123 cm³/mol. The molecule has 0 saturated heterocycles. The van der Waals surface area contributed by atoms with Crippen LogP contribution < -0.4 is 9.62 Å². The molecule has 0 radical (unpaired) electrons. The number of nitrogens with one attached hydrogen (secondary N) is 1. The Kier molecular flexibility index (Phi) is 9.18. The van der Waals surface area contributed by atoms with Crippen LogP contribution in [-0.4, -0.2) is 27.4 Å². The molecule has 2 rings (SSSR count). The summed E-state index contributed by atoms with van der Waals surface area (Å²) in [5, 5.41) is 3.37. The maximum Gasteiger partial charge on any atom is 0.264 e. The lowest BCUT2D eigenvalue weighted by Gasteiger charge is -2.25. The van der Waals surface area contributed by atoms with Crippen molar-refractivity contribution in [1.82, 2.24) is 5.32 Å². The van der Waals surface area contributed by atoms with Crippen molar-refractivity contribution in [3.8, 4) is 0 Å². The van der Waals surface area contributed by atoms with Gasteiger partial charge in [0.25, 0.3) is 10.0 Å². The van der Waals surface area contributed by atoms with E-state index in [9.17, 15) is 13.2 Å². The van der Waals surface area contributed by atoms with Crippen LogP contribution in [0.3, 0.4) is 0 Å². The first kappa shape index (κ1) is 24.2. The highest BCUT2D eigenvalue weighted by atomic mass is 35.5. The summed E-state index contributed by atoms with van der Waals surface area (Å²) in [4.78, 5) is 12.8. The Bertz CT molecular complexity index is 933. The van der Waals surface area contributed by atoms with Gasteiger partial charge in [-0.05, 0) is 49.1 Å². The van der Waals surface area contributed by atoms with Gasteiger partial charge in [0, 0.05) is 11.6 Å². The fraction of sp³-hybridized carbons (Fsp3) is 0.435. The highest BCUT2D eigenvalue weighted by molar-refractivity contribution is 7.92. The summed E-state index contributed by atoms with van der Waals surface area (Å²) in [7, 11) is -3.92. The number of anilines is 1. The van der Waals surface area contributed by atoms with E-state index in [0.717, 1.165) is 35.6 Å². The normalized spacial score (nSPS) is 12.4. The zero-order chi connectivity index (χ0) is 22.1. The number of hydrogen-bond donors (Lipinski definition) is 1. The number of aryl methyl sites for hydroxylation is 1. The monoisotopic (exact) mass is 450 g/mol. The van der Waals surface area contributed by atoms with Gasteiger partial charge in [0.15, 0.2) is 0 Å². The van der Waals surface area contributed by atoms with E-state index in [0.29, 0.717) is 23.2 Å². The van der Waals surface area contributed by atoms with E-state index in [4.69, 9.17) is 11.6 Å². The van der Waals surface area contributed by atoms with E-state index in [-0.39, 0.29) is 17.3 Å². The van der Waals surface area contributed by atoms with Crippen molar-refractivity contribution in [1.29, 1.82) is 0 Å². The van der Waals surface area contributed by atoms with E-state index in [1.54, 1.807) is 36.4 Å². The van der Waals surface area contributed by atoms with Gasteiger partial charge in [0.05, 0.1) is 10.6 Å². The van der Waals surface area contributed by atoms with Gasteiger partial charge in [0.1, 0.15) is 6.54 Å². The number of nitrogens with zero attached hydrogens (tertiary/aromatic N) is 1. The Hall–Kier alpha value is -2.05. The second-order valence-corrected chi connectivity index (χ2v) is 9.75. The lowest BCUT2D eigenvalue weighted by molar-refractivity contribution is -0.119. The number of amides is 1. The van der Waals surface area contributed by atoms with Gasteiger partial charge in [-0.15, -0.1) is 0 Å². The molecule has 2 aromatic rings. The van der Waals surface area contributed by atoms with E-state index < -0.39 is 10.0 Å². The first-order valence-electron chi connectivity index (χ1n) is 10.4. The van der Waals surface area contributed by atoms with E-state index in [2.05, 4.69) is 19.2 Å². The fourth-order valence-electron chi connectivity index (χ4n) is 3.16. The molecular weight excluding hydrogens is 420 g/mol. The number of carbonyl (C=O) groups is 1. The molecule has 0 aliphatic carbocycles. The molecule has 5 nitrogen and oxygen atoms in total. The maximum absolute atomic E-state index is 13.3. The van der Waals surface area contributed by atoms with Crippen molar-refractivity contribution < 1.29 is 13.2 Å². The molecule has 0 spiro atoms. The Morgan fingerprint density at radius 2 is 1.83 bits per heavy atom. The summed E-state index contributed by atoms with van der Waals surface area (Å²) in [5.74, 6) is 0.0584. The molecule has 2 aromatic carbocycles. The standard InChI is InChI=1S/C23H31ClN2O3S/c1-4-6-10-19(5-2)16-25-23(27)17-26(20-14-13-18(3)22(24)15-20)30(28,29)21-11-8-7-9-12-21/h7-9,11-15,19H,4-6,10,16-17H2,1-3H3,(H,25,27). The molecule has 0 aliphatic rings. The zero-order valence-electron chi connectivity index (χ0n) is 17.9. The Labute approximate surface area is 185 Å². The number of benzene rings is 2. The lowest BCUT2D eigenvalue weighted by atomic mass is 9.99. The number of carbonyl (C=O) groups excluding carboxylic acids is 1. The van der Waals surface area contributed by atoms with Crippen LogP contribution in [0.15, 0.2) is 53.4 Å². The van der Waals surface area contributed by atoms with Gasteiger partial charge in [0.2, 0.25) is 5.91 Å². The quantitative estimate of drug-likeness (QED) is 0.513. The van der Waals surface area contributed by atoms with Gasteiger partial charge in [-0.25, -0.2) is 8.42 Å². The van der Waals surface area contributed by atoms with Gasteiger partial charge < -0.3 is 5.32 Å². The SMILES string of the molecule is CCCCC(CC)CNC(=O)CN(c1ccc(C)c(Cl)c1)S(=O)(=O)c1ccccc1. The minimum absolute atomic E-state index is 0.129. The van der Waals surface area contributed by atoms with Gasteiger partial charge in [-0.1, -0.05) is 69.0 Å². The predicted octanol–water partition coefficient (Wildman–Crippen LogP) is 5.18. The number of sulfonamides is 1. The van der Waals surface area contributed by atoms with E-state index in [1.807, 2.05) is 6.92 Å². The molecule has 0 aromatic heterocycles. The smallest absolute Gasteiger partial charge is 0.264 e. The van der Waals surface area contributed by atoms with Crippen molar-refractivity contribution in [2.24, 2.45) is 5.92 Å². The molecule has 30 heavy (non-hydrogen) atoms. The van der Waals surface area contributed by atoms with Crippen LogP contribution >= 0.6 is 11.6 Å². The molecule has 1 unspecified atom stereocenters. The molecule has 1 N–H and O–H groups in total. The first-order chi connectivity index (χ1) is 14.3. The second-order valence-electron chi connectivity index (χ2n) is 7.48. The van der Waals surface area contributed by atoms with E-state index >= 15 is 0 Å². The van der Waals surface area contributed by atoms with Crippen LogP contribution in [0.4, 0.5) is 5.69 Å². The van der Waals surface area contributed by atoms with E-state index in [1.165, 1.54) is 12.1 Å². The molecule has 1 amide bonds. The van der Waals surface area contributed by atoms with Crippen LogP contribution in [0.25, 0.3) is 0 Å². The van der Waals surface area contributed by atoms with Gasteiger partial charge >= 0.3 is 0 Å². The maximum atomic E-state index is 13.3. The van der Waals surface area contributed by atoms with Crippen molar-refractivity contribution in [2.45, 2.75) is 51.3 Å². The minimum Gasteiger partial charge on any atom is -0.354 e. The molecule has 0 bridgehead atoms. The molecule has 0 fully saturated rings. The minimum atomic E-state index is -3.92.